The van der Waals surface area contributed by atoms with E-state index in [4.69, 9.17) is 0 Å². The molecule has 2 heterocycles. The minimum Gasteiger partial charge on any atom is -0.353 e. The molecule has 0 atom stereocenters. The number of carbonyl (C=O) groups excluding carboxylic acids is 1. The number of nitrogens with one attached hydrogen (secondary N) is 2. The number of aromatic nitrogens is 3. The second-order valence-electron chi connectivity index (χ2n) is 5.62. The van der Waals surface area contributed by atoms with Crippen molar-refractivity contribution in [3.63, 3.8) is 0 Å². The summed E-state index contributed by atoms with van der Waals surface area (Å²) in [5, 5.41) is 2.71. The number of anilines is 1. The number of aryl methyl sites for hydroxylation is 1. The van der Waals surface area contributed by atoms with E-state index >= 15 is 0 Å². The summed E-state index contributed by atoms with van der Waals surface area (Å²) in [7, 11) is 0. The number of hydrogen-bond donors (Lipinski definition) is 2. The summed E-state index contributed by atoms with van der Waals surface area (Å²) in [5.41, 5.74) is 1.31. The molecule has 2 aromatic heterocycles. The molecule has 0 aliphatic rings. The lowest BCUT2D eigenvalue weighted by molar-refractivity contribution is -0.113. The normalized spacial score (nSPS) is 11.1. The molecular weight excluding hydrogens is 362 g/mol. The summed E-state index contributed by atoms with van der Waals surface area (Å²) in [5.74, 6) is -2.00. The maximum atomic E-state index is 13.6. The van der Waals surface area contributed by atoms with Crippen molar-refractivity contribution in [1.29, 1.82) is 0 Å². The van der Waals surface area contributed by atoms with Crippen LogP contribution in [0.25, 0.3) is 11.0 Å². The van der Waals surface area contributed by atoms with Crippen molar-refractivity contribution in [2.24, 2.45) is 0 Å². The van der Waals surface area contributed by atoms with Crippen LogP contribution in [0.1, 0.15) is 12.6 Å². The van der Waals surface area contributed by atoms with E-state index in [1.54, 1.807) is 13.0 Å². The van der Waals surface area contributed by atoms with Gasteiger partial charge in [-0.3, -0.25) is 14.2 Å². The SMILES string of the molecule is CCn1c(SCC(=O)Nc2cc(F)ccc2F)nc2cc(C)[nH]c2c1=O. The molecule has 2 N–H and O–H groups in total. The lowest BCUT2D eigenvalue weighted by atomic mass is 10.3. The number of hydrogen-bond acceptors (Lipinski definition) is 4. The molecule has 0 unspecified atom stereocenters. The third-order valence-corrected chi connectivity index (χ3v) is 4.67. The fourth-order valence-corrected chi connectivity index (χ4v) is 3.37. The highest BCUT2D eigenvalue weighted by Crippen LogP contribution is 2.20. The second kappa shape index (κ2) is 7.28. The predicted octanol–water partition coefficient (Wildman–Crippen LogP) is 3.06. The zero-order valence-corrected chi connectivity index (χ0v) is 14.9. The number of nitrogens with zero attached hydrogens (tertiary/aromatic N) is 2. The highest BCUT2D eigenvalue weighted by molar-refractivity contribution is 7.99. The van der Waals surface area contributed by atoms with Gasteiger partial charge in [-0.05, 0) is 32.0 Å². The fourth-order valence-electron chi connectivity index (χ4n) is 2.51. The van der Waals surface area contributed by atoms with E-state index in [9.17, 15) is 18.4 Å². The van der Waals surface area contributed by atoms with E-state index in [1.807, 2.05) is 6.92 Å². The van der Waals surface area contributed by atoms with Gasteiger partial charge in [0.05, 0.1) is 17.0 Å². The monoisotopic (exact) mass is 378 g/mol. The third-order valence-electron chi connectivity index (χ3n) is 3.69. The Morgan fingerprint density at radius 3 is 2.85 bits per heavy atom. The van der Waals surface area contributed by atoms with Crippen LogP contribution in [0, 0.1) is 18.6 Å². The van der Waals surface area contributed by atoms with E-state index in [0.717, 1.165) is 35.7 Å². The molecule has 136 valence electrons. The van der Waals surface area contributed by atoms with Gasteiger partial charge in [0.15, 0.2) is 5.16 Å². The van der Waals surface area contributed by atoms with Crippen LogP contribution in [0.4, 0.5) is 14.5 Å². The Morgan fingerprint density at radius 1 is 1.35 bits per heavy atom. The van der Waals surface area contributed by atoms with E-state index < -0.39 is 17.5 Å². The molecule has 0 radical (unpaired) electrons. The van der Waals surface area contributed by atoms with Gasteiger partial charge in [-0.25, -0.2) is 13.8 Å². The summed E-state index contributed by atoms with van der Waals surface area (Å²) in [4.78, 5) is 32.0. The molecule has 3 aromatic rings. The van der Waals surface area contributed by atoms with Crippen LogP contribution in [0.2, 0.25) is 0 Å². The van der Waals surface area contributed by atoms with Crippen LogP contribution >= 0.6 is 11.8 Å². The Hall–Kier alpha value is -2.68. The molecule has 26 heavy (non-hydrogen) atoms. The number of fused-ring (bicyclic) bond motifs is 1. The molecule has 6 nitrogen and oxygen atoms in total. The van der Waals surface area contributed by atoms with Crippen LogP contribution in [0.5, 0.6) is 0 Å². The van der Waals surface area contributed by atoms with Crippen molar-refractivity contribution in [2.45, 2.75) is 25.5 Å². The third kappa shape index (κ3) is 3.62. The lowest BCUT2D eigenvalue weighted by Gasteiger charge is -2.10. The minimum atomic E-state index is -0.724. The molecule has 0 aliphatic heterocycles. The first-order valence-corrected chi connectivity index (χ1v) is 8.85. The maximum absolute atomic E-state index is 13.6. The number of amides is 1. The molecule has 3 rings (SSSR count). The zero-order chi connectivity index (χ0) is 18.8. The average Bonchev–Trinajstić information content (AvgIpc) is 2.97. The van der Waals surface area contributed by atoms with Crippen molar-refractivity contribution in [2.75, 3.05) is 11.1 Å². The van der Waals surface area contributed by atoms with Crippen molar-refractivity contribution < 1.29 is 13.6 Å². The summed E-state index contributed by atoms with van der Waals surface area (Å²) in [6.45, 7) is 4.02. The first-order valence-electron chi connectivity index (χ1n) is 7.87. The number of benzene rings is 1. The first-order chi connectivity index (χ1) is 12.4. The molecule has 0 spiro atoms. The Morgan fingerprint density at radius 2 is 2.12 bits per heavy atom. The summed E-state index contributed by atoms with van der Waals surface area (Å²) in [6.07, 6.45) is 0. The van der Waals surface area contributed by atoms with Crippen LogP contribution in [-0.4, -0.2) is 26.2 Å². The van der Waals surface area contributed by atoms with Crippen molar-refractivity contribution in [3.8, 4) is 0 Å². The average molecular weight is 378 g/mol. The van der Waals surface area contributed by atoms with Gasteiger partial charge < -0.3 is 10.3 Å². The number of rotatable bonds is 5. The van der Waals surface area contributed by atoms with Gasteiger partial charge >= 0.3 is 0 Å². The van der Waals surface area contributed by atoms with Crippen molar-refractivity contribution >= 4 is 34.4 Å². The topological polar surface area (TPSA) is 79.8 Å². The van der Waals surface area contributed by atoms with Gasteiger partial charge in [-0.1, -0.05) is 11.8 Å². The lowest BCUT2D eigenvalue weighted by Crippen LogP contribution is -2.23. The number of H-pyrrole nitrogens is 1. The molecule has 9 heteroatoms. The van der Waals surface area contributed by atoms with Crippen molar-refractivity contribution in [3.05, 3.63) is 51.9 Å². The van der Waals surface area contributed by atoms with Crippen LogP contribution in [0.3, 0.4) is 0 Å². The molecule has 0 fully saturated rings. The van der Waals surface area contributed by atoms with E-state index in [0.29, 0.717) is 22.7 Å². The second-order valence-corrected chi connectivity index (χ2v) is 6.56. The molecular formula is C17H16F2N4O2S. The zero-order valence-electron chi connectivity index (χ0n) is 14.1. The Labute approximate surface area is 151 Å². The molecule has 0 saturated heterocycles. The molecule has 0 aliphatic carbocycles. The van der Waals surface area contributed by atoms with Crippen LogP contribution in [-0.2, 0) is 11.3 Å². The molecule has 0 saturated carbocycles. The minimum absolute atomic E-state index is 0.0999. The van der Waals surface area contributed by atoms with Crippen molar-refractivity contribution in [1.82, 2.24) is 14.5 Å². The molecule has 1 aromatic carbocycles. The summed E-state index contributed by atoms with van der Waals surface area (Å²) < 4.78 is 28.2. The number of halogens is 2. The number of thioether (sulfide) groups is 1. The van der Waals surface area contributed by atoms with E-state index in [-0.39, 0.29) is 17.0 Å². The molecule has 1 amide bonds. The smallest absolute Gasteiger partial charge is 0.278 e. The maximum Gasteiger partial charge on any atom is 0.278 e. The molecule has 0 bridgehead atoms. The Balaban J connectivity index is 1.79. The largest absolute Gasteiger partial charge is 0.353 e. The van der Waals surface area contributed by atoms with Gasteiger partial charge in [0.25, 0.3) is 5.56 Å². The first kappa shape index (κ1) is 18.1. The van der Waals surface area contributed by atoms with Gasteiger partial charge in [-0.2, -0.15) is 0 Å². The number of carbonyl (C=O) groups is 1. The Bertz CT molecular complexity index is 1050. The quantitative estimate of drug-likeness (QED) is 0.528. The van der Waals surface area contributed by atoms with Gasteiger partial charge in [-0.15, -0.1) is 0 Å². The van der Waals surface area contributed by atoms with Gasteiger partial charge in [0.2, 0.25) is 5.91 Å². The predicted molar refractivity (Wildman–Crippen MR) is 96.5 cm³/mol. The van der Waals surface area contributed by atoms with E-state index in [2.05, 4.69) is 15.3 Å². The van der Waals surface area contributed by atoms with Gasteiger partial charge in [0.1, 0.15) is 17.2 Å². The standard InChI is InChI=1S/C17H16F2N4O2S/c1-3-23-16(25)15-13(6-9(2)20-15)22-17(23)26-8-14(24)21-12-7-10(18)4-5-11(12)19/h4-7,20H,3,8H2,1-2H3,(H,21,24). The van der Waals surface area contributed by atoms with E-state index in [1.165, 1.54) is 4.57 Å². The Kier molecular flexibility index (Phi) is 5.08. The van der Waals surface area contributed by atoms with Gasteiger partial charge in [0, 0.05) is 18.3 Å². The summed E-state index contributed by atoms with van der Waals surface area (Å²) >= 11 is 1.06. The summed E-state index contributed by atoms with van der Waals surface area (Å²) in [6, 6.07) is 4.57. The fraction of sp³-hybridized carbons (Fsp3) is 0.235. The number of aromatic amines is 1. The highest BCUT2D eigenvalue weighted by Gasteiger charge is 2.15. The highest BCUT2D eigenvalue weighted by atomic mass is 32.2. The van der Waals surface area contributed by atoms with Crippen LogP contribution < -0.4 is 10.9 Å². The van der Waals surface area contributed by atoms with Crippen LogP contribution in [0.15, 0.2) is 34.2 Å².